The number of rotatable bonds is 3. The first-order valence-corrected chi connectivity index (χ1v) is 9.71. The number of hydrogen-bond acceptors (Lipinski definition) is 4. The van der Waals surface area contributed by atoms with E-state index in [1.54, 1.807) is 22.8 Å². The van der Waals surface area contributed by atoms with E-state index in [9.17, 15) is 8.78 Å². The van der Waals surface area contributed by atoms with E-state index < -0.39 is 11.6 Å². The van der Waals surface area contributed by atoms with Crippen LogP contribution in [0.25, 0.3) is 16.9 Å². The third-order valence-electron chi connectivity index (χ3n) is 5.52. The van der Waals surface area contributed by atoms with Gasteiger partial charge in [0.25, 0.3) is 0 Å². The van der Waals surface area contributed by atoms with Crippen LogP contribution in [-0.4, -0.2) is 21.1 Å². The Labute approximate surface area is 171 Å². The highest BCUT2D eigenvalue weighted by atomic mass is 19.1. The van der Waals surface area contributed by atoms with Gasteiger partial charge in [0.2, 0.25) is 0 Å². The molecule has 0 aliphatic carbocycles. The van der Waals surface area contributed by atoms with Crippen molar-refractivity contribution < 1.29 is 8.78 Å². The molecule has 2 aromatic heterocycles. The number of nitriles is 1. The van der Waals surface area contributed by atoms with E-state index in [1.165, 1.54) is 12.1 Å². The van der Waals surface area contributed by atoms with E-state index in [-0.39, 0.29) is 6.04 Å². The van der Waals surface area contributed by atoms with Crippen molar-refractivity contribution in [3.8, 4) is 17.3 Å². The maximum Gasteiger partial charge on any atom is 0.154 e. The van der Waals surface area contributed by atoms with Crippen LogP contribution in [0.2, 0.25) is 0 Å². The fourth-order valence-corrected chi connectivity index (χ4v) is 4.06. The van der Waals surface area contributed by atoms with Crippen molar-refractivity contribution in [1.82, 2.24) is 14.6 Å². The van der Waals surface area contributed by atoms with Crippen molar-refractivity contribution in [2.45, 2.75) is 18.9 Å². The lowest BCUT2D eigenvalue weighted by Crippen LogP contribution is -2.25. The summed E-state index contributed by atoms with van der Waals surface area (Å²) in [6.45, 7) is 0.708. The maximum atomic E-state index is 14.4. The first-order valence-electron chi connectivity index (χ1n) is 9.71. The summed E-state index contributed by atoms with van der Waals surface area (Å²) >= 11 is 0. The second-order valence-corrected chi connectivity index (χ2v) is 7.31. The van der Waals surface area contributed by atoms with Gasteiger partial charge in [-0.15, -0.1) is 5.10 Å². The summed E-state index contributed by atoms with van der Waals surface area (Å²) in [4.78, 5) is 6.43. The summed E-state index contributed by atoms with van der Waals surface area (Å²) in [6.07, 6.45) is 3.33. The number of hydrogen-bond donors (Lipinski definition) is 0. The van der Waals surface area contributed by atoms with Gasteiger partial charge >= 0.3 is 0 Å². The highest BCUT2D eigenvalue weighted by molar-refractivity contribution is 5.64. The molecule has 0 bridgehead atoms. The molecule has 0 amide bonds. The van der Waals surface area contributed by atoms with Crippen LogP contribution < -0.4 is 4.90 Å². The zero-order valence-electron chi connectivity index (χ0n) is 16.0. The molecule has 4 aromatic rings. The molecule has 7 heteroatoms. The zero-order chi connectivity index (χ0) is 20.7. The number of fused-ring (bicyclic) bond motifs is 1. The van der Waals surface area contributed by atoms with E-state index >= 15 is 0 Å². The third-order valence-corrected chi connectivity index (χ3v) is 5.52. The van der Waals surface area contributed by atoms with Crippen LogP contribution in [0, 0.1) is 23.0 Å². The maximum absolute atomic E-state index is 14.4. The molecular weight excluding hydrogens is 384 g/mol. The first-order chi connectivity index (χ1) is 14.6. The number of aromatic nitrogens is 3. The first kappa shape index (κ1) is 18.3. The average molecular weight is 401 g/mol. The van der Waals surface area contributed by atoms with E-state index in [0.29, 0.717) is 29.1 Å². The van der Waals surface area contributed by atoms with Crippen molar-refractivity contribution in [3.05, 3.63) is 83.6 Å². The molecule has 1 saturated heterocycles. The van der Waals surface area contributed by atoms with Crippen molar-refractivity contribution in [2.24, 2.45) is 0 Å². The van der Waals surface area contributed by atoms with Crippen molar-refractivity contribution >= 4 is 11.5 Å². The van der Waals surface area contributed by atoms with Gasteiger partial charge in [0.15, 0.2) is 5.65 Å². The molecule has 5 nitrogen and oxygen atoms in total. The molecule has 148 valence electrons. The fourth-order valence-electron chi connectivity index (χ4n) is 4.06. The lowest BCUT2D eigenvalue weighted by atomic mass is 10.0. The van der Waals surface area contributed by atoms with Gasteiger partial charge < -0.3 is 4.90 Å². The van der Waals surface area contributed by atoms with Crippen molar-refractivity contribution in [1.29, 1.82) is 5.26 Å². The number of halogens is 2. The Morgan fingerprint density at radius 3 is 2.67 bits per heavy atom. The summed E-state index contributed by atoms with van der Waals surface area (Å²) in [7, 11) is 0. The molecule has 0 N–H and O–H groups in total. The third kappa shape index (κ3) is 3.07. The Hall–Kier alpha value is -3.79. The summed E-state index contributed by atoms with van der Waals surface area (Å²) in [5.74, 6) is -0.170. The predicted molar refractivity (Wildman–Crippen MR) is 109 cm³/mol. The topological polar surface area (TPSA) is 57.2 Å². The molecule has 0 unspecified atom stereocenters. The molecule has 1 fully saturated rings. The second kappa shape index (κ2) is 7.23. The van der Waals surface area contributed by atoms with Crippen LogP contribution in [0.4, 0.5) is 14.6 Å². The molecule has 30 heavy (non-hydrogen) atoms. The number of benzene rings is 2. The summed E-state index contributed by atoms with van der Waals surface area (Å²) < 4.78 is 29.9. The summed E-state index contributed by atoms with van der Waals surface area (Å²) in [5.41, 5.74) is 3.31. The van der Waals surface area contributed by atoms with Gasteiger partial charge in [-0.3, -0.25) is 0 Å². The highest BCUT2D eigenvalue weighted by Crippen LogP contribution is 2.37. The molecule has 1 atom stereocenters. The monoisotopic (exact) mass is 401 g/mol. The average Bonchev–Trinajstić information content (AvgIpc) is 3.42. The number of nitrogens with zero attached hydrogens (tertiary/aromatic N) is 5. The Morgan fingerprint density at radius 1 is 1.03 bits per heavy atom. The van der Waals surface area contributed by atoms with E-state index in [1.807, 2.05) is 29.2 Å². The Bertz CT molecular complexity index is 1270. The van der Waals surface area contributed by atoms with Gasteiger partial charge in [-0.1, -0.05) is 12.1 Å². The van der Waals surface area contributed by atoms with Gasteiger partial charge in [0.05, 0.1) is 29.6 Å². The van der Waals surface area contributed by atoms with E-state index in [2.05, 4.69) is 11.1 Å². The molecule has 5 rings (SSSR count). The normalized spacial score (nSPS) is 16.2. The molecule has 1 aliphatic rings. The fraction of sp³-hybridized carbons (Fsp3) is 0.174. The lowest BCUT2D eigenvalue weighted by molar-refractivity contribution is 0.559. The number of imidazole rings is 1. The lowest BCUT2D eigenvalue weighted by Gasteiger charge is -2.26. The molecule has 2 aromatic carbocycles. The smallest absolute Gasteiger partial charge is 0.154 e. The van der Waals surface area contributed by atoms with E-state index in [0.717, 1.165) is 30.2 Å². The summed E-state index contributed by atoms with van der Waals surface area (Å²) in [5, 5.41) is 13.8. The van der Waals surface area contributed by atoms with Crippen LogP contribution in [0.5, 0.6) is 0 Å². The quantitative estimate of drug-likeness (QED) is 0.491. The Kier molecular flexibility index (Phi) is 4.40. The largest absolute Gasteiger partial charge is 0.348 e. The molecule has 0 radical (unpaired) electrons. The molecule has 0 saturated carbocycles. The Morgan fingerprint density at radius 2 is 1.87 bits per heavy atom. The van der Waals surface area contributed by atoms with Gasteiger partial charge in [-0.05, 0) is 55.3 Å². The van der Waals surface area contributed by atoms with Crippen molar-refractivity contribution in [2.75, 3.05) is 11.4 Å². The van der Waals surface area contributed by atoms with Gasteiger partial charge in [0.1, 0.15) is 17.5 Å². The minimum Gasteiger partial charge on any atom is -0.348 e. The minimum absolute atomic E-state index is 0.271. The summed E-state index contributed by atoms with van der Waals surface area (Å²) in [6, 6.07) is 16.4. The minimum atomic E-state index is -0.445. The molecular formula is C23H17F2N5. The standard InChI is InChI=1S/C23H17F2N5/c24-17-7-8-19(25)18(12-17)20-2-1-11-29(20)23-10-9-22-27-14-21(30(22)28-23)16-5-3-15(13-26)4-6-16/h3-10,12,14,20H,1-2,11H2/t20-/m0/s1. The van der Waals surface area contributed by atoms with Crippen LogP contribution in [0.15, 0.2) is 60.8 Å². The van der Waals surface area contributed by atoms with Crippen LogP contribution in [-0.2, 0) is 0 Å². The molecule has 0 spiro atoms. The molecule has 1 aliphatic heterocycles. The van der Waals surface area contributed by atoms with Gasteiger partial charge in [-0.25, -0.2) is 18.3 Å². The zero-order valence-corrected chi connectivity index (χ0v) is 16.0. The van der Waals surface area contributed by atoms with Crippen LogP contribution in [0.3, 0.4) is 0 Å². The Balaban J connectivity index is 1.56. The predicted octanol–water partition coefficient (Wildman–Crippen LogP) is 4.89. The highest BCUT2D eigenvalue weighted by Gasteiger charge is 2.30. The number of anilines is 1. The second-order valence-electron chi connectivity index (χ2n) is 7.31. The SMILES string of the molecule is N#Cc1ccc(-c2cnc3ccc(N4CCC[C@H]4c4cc(F)ccc4F)nn23)cc1. The van der Waals surface area contributed by atoms with Crippen molar-refractivity contribution in [3.63, 3.8) is 0 Å². The van der Waals surface area contributed by atoms with Gasteiger partial charge in [-0.2, -0.15) is 5.26 Å². The van der Waals surface area contributed by atoms with Crippen LogP contribution >= 0.6 is 0 Å². The van der Waals surface area contributed by atoms with Gasteiger partial charge in [0, 0.05) is 17.7 Å². The van der Waals surface area contributed by atoms with E-state index in [4.69, 9.17) is 10.4 Å². The van der Waals surface area contributed by atoms with Crippen LogP contribution in [0.1, 0.15) is 30.0 Å². The molecule has 3 heterocycles.